The van der Waals surface area contributed by atoms with Crippen LogP contribution in [-0.2, 0) is 11.3 Å². The number of ether oxygens (including phenoxy) is 1. The van der Waals surface area contributed by atoms with Crippen LogP contribution in [0.15, 0.2) is 72.8 Å². The van der Waals surface area contributed by atoms with Crippen LogP contribution in [0.5, 0.6) is 0 Å². The van der Waals surface area contributed by atoms with Crippen molar-refractivity contribution in [3.8, 4) is 0 Å². The Kier molecular flexibility index (Phi) is 6.31. The van der Waals surface area contributed by atoms with Crippen LogP contribution in [0.25, 0.3) is 0 Å². The minimum atomic E-state index is -0.178. The Balaban J connectivity index is 1.47. The first-order valence-corrected chi connectivity index (χ1v) is 10.3. The summed E-state index contributed by atoms with van der Waals surface area (Å²) >= 11 is 12.4. The highest BCUT2D eigenvalue weighted by atomic mass is 35.5. The van der Waals surface area contributed by atoms with Crippen LogP contribution >= 0.6 is 23.2 Å². The molecule has 0 aromatic heterocycles. The largest absolute Gasteiger partial charge is 0.371 e. The van der Waals surface area contributed by atoms with E-state index in [1.165, 1.54) is 5.56 Å². The van der Waals surface area contributed by atoms with Crippen LogP contribution in [0.3, 0.4) is 0 Å². The molecular formula is C24H21Cl2NO2. The van der Waals surface area contributed by atoms with Crippen LogP contribution < -0.4 is 0 Å². The molecule has 29 heavy (non-hydrogen) atoms. The molecule has 1 aliphatic heterocycles. The molecule has 0 N–H and O–H groups in total. The lowest BCUT2D eigenvalue weighted by atomic mass is 9.99. The Morgan fingerprint density at radius 2 is 1.62 bits per heavy atom. The highest BCUT2D eigenvalue weighted by Gasteiger charge is 2.23. The van der Waals surface area contributed by atoms with Crippen molar-refractivity contribution in [2.24, 2.45) is 0 Å². The molecule has 1 unspecified atom stereocenters. The number of carbonyl (C=O) groups excluding carboxylic acids is 1. The SMILES string of the molecule is O=C(c1ccc(C2CN(Cc3ccccc3)CCO2)cc1)c1c(Cl)cccc1Cl. The van der Waals surface area contributed by atoms with Crippen LogP contribution in [0.2, 0.25) is 10.0 Å². The van der Waals surface area contributed by atoms with Crippen molar-refractivity contribution in [2.45, 2.75) is 12.6 Å². The number of hydrogen-bond acceptors (Lipinski definition) is 3. The second-order valence-corrected chi connectivity index (χ2v) is 7.94. The molecule has 3 nitrogen and oxygen atoms in total. The molecule has 3 aromatic rings. The molecule has 4 rings (SSSR count). The van der Waals surface area contributed by atoms with E-state index in [0.717, 1.165) is 25.2 Å². The van der Waals surface area contributed by atoms with Gasteiger partial charge in [-0.15, -0.1) is 0 Å². The molecule has 0 bridgehead atoms. The summed E-state index contributed by atoms with van der Waals surface area (Å²) in [5.41, 5.74) is 3.25. The van der Waals surface area contributed by atoms with E-state index in [0.29, 0.717) is 27.8 Å². The summed E-state index contributed by atoms with van der Waals surface area (Å²) in [5.74, 6) is -0.178. The van der Waals surface area contributed by atoms with Gasteiger partial charge < -0.3 is 4.74 Å². The molecule has 0 spiro atoms. The first-order chi connectivity index (χ1) is 14.1. The summed E-state index contributed by atoms with van der Waals surface area (Å²) in [7, 11) is 0. The van der Waals surface area contributed by atoms with E-state index in [-0.39, 0.29) is 11.9 Å². The average molecular weight is 426 g/mol. The van der Waals surface area contributed by atoms with Gasteiger partial charge >= 0.3 is 0 Å². The van der Waals surface area contributed by atoms with Gasteiger partial charge in [-0.3, -0.25) is 9.69 Å². The number of rotatable bonds is 5. The van der Waals surface area contributed by atoms with Crippen LogP contribution in [0.1, 0.15) is 33.2 Å². The predicted molar refractivity (Wildman–Crippen MR) is 117 cm³/mol. The van der Waals surface area contributed by atoms with Gasteiger partial charge in [-0.25, -0.2) is 0 Å². The maximum absolute atomic E-state index is 12.8. The summed E-state index contributed by atoms with van der Waals surface area (Å²) < 4.78 is 5.99. The van der Waals surface area contributed by atoms with E-state index < -0.39 is 0 Å². The van der Waals surface area contributed by atoms with Crippen molar-refractivity contribution in [1.82, 2.24) is 4.90 Å². The van der Waals surface area contributed by atoms with Gasteiger partial charge in [0.2, 0.25) is 0 Å². The normalized spacial score (nSPS) is 17.2. The monoisotopic (exact) mass is 425 g/mol. The maximum Gasteiger partial charge on any atom is 0.196 e. The van der Waals surface area contributed by atoms with Crippen LogP contribution in [0, 0.1) is 0 Å². The third kappa shape index (κ3) is 4.71. The maximum atomic E-state index is 12.8. The van der Waals surface area contributed by atoms with Crippen molar-refractivity contribution in [3.05, 3.63) is 105 Å². The third-order valence-corrected chi connectivity index (χ3v) is 5.76. The topological polar surface area (TPSA) is 29.5 Å². The lowest BCUT2D eigenvalue weighted by molar-refractivity contribution is -0.0329. The van der Waals surface area contributed by atoms with Crippen molar-refractivity contribution < 1.29 is 9.53 Å². The Morgan fingerprint density at radius 3 is 2.31 bits per heavy atom. The molecule has 5 heteroatoms. The molecular weight excluding hydrogens is 405 g/mol. The molecule has 148 valence electrons. The summed E-state index contributed by atoms with van der Waals surface area (Å²) in [6, 6.07) is 23.1. The second-order valence-electron chi connectivity index (χ2n) is 7.13. The minimum absolute atomic E-state index is 0.0134. The number of carbonyl (C=O) groups is 1. The molecule has 0 radical (unpaired) electrons. The highest BCUT2D eigenvalue weighted by molar-refractivity contribution is 6.41. The van der Waals surface area contributed by atoms with Gasteiger partial charge in [0.1, 0.15) is 0 Å². The smallest absolute Gasteiger partial charge is 0.196 e. The molecule has 0 amide bonds. The Morgan fingerprint density at radius 1 is 0.931 bits per heavy atom. The number of halogens is 2. The Bertz CT molecular complexity index is 969. The van der Waals surface area contributed by atoms with E-state index in [1.807, 2.05) is 30.3 Å². The van der Waals surface area contributed by atoms with Crippen molar-refractivity contribution in [2.75, 3.05) is 19.7 Å². The van der Waals surface area contributed by atoms with Crippen molar-refractivity contribution in [1.29, 1.82) is 0 Å². The fraction of sp³-hybridized carbons (Fsp3) is 0.208. The predicted octanol–water partition coefficient (Wildman–Crippen LogP) is 5.80. The number of hydrogen-bond donors (Lipinski definition) is 0. The van der Waals surface area contributed by atoms with E-state index >= 15 is 0 Å². The molecule has 1 aliphatic rings. The van der Waals surface area contributed by atoms with Crippen molar-refractivity contribution in [3.63, 3.8) is 0 Å². The number of benzene rings is 3. The van der Waals surface area contributed by atoms with Crippen LogP contribution in [0.4, 0.5) is 0 Å². The number of ketones is 1. The first kappa shape index (κ1) is 20.1. The minimum Gasteiger partial charge on any atom is -0.371 e. The van der Waals surface area contributed by atoms with Gasteiger partial charge in [0, 0.05) is 25.2 Å². The summed E-state index contributed by atoms with van der Waals surface area (Å²) in [6.45, 7) is 3.32. The van der Waals surface area contributed by atoms with Gasteiger partial charge in [-0.1, -0.05) is 83.9 Å². The van der Waals surface area contributed by atoms with Gasteiger partial charge in [-0.2, -0.15) is 0 Å². The zero-order valence-corrected chi connectivity index (χ0v) is 17.4. The zero-order valence-electron chi connectivity index (χ0n) is 15.9. The van der Waals surface area contributed by atoms with E-state index in [1.54, 1.807) is 18.2 Å². The second kappa shape index (κ2) is 9.10. The standard InChI is InChI=1S/C24H21Cl2NO2/c25-20-7-4-8-21(26)23(20)24(28)19-11-9-18(10-12-19)22-16-27(13-14-29-22)15-17-5-2-1-3-6-17/h1-12,22H,13-16H2. The lowest BCUT2D eigenvalue weighted by Gasteiger charge is -2.33. The number of nitrogens with zero attached hydrogens (tertiary/aromatic N) is 1. The average Bonchev–Trinajstić information content (AvgIpc) is 2.74. The fourth-order valence-corrected chi connectivity index (χ4v) is 4.17. The Hall–Kier alpha value is -2.17. The molecule has 3 aromatic carbocycles. The first-order valence-electron chi connectivity index (χ1n) is 9.58. The quantitative estimate of drug-likeness (QED) is 0.483. The molecule has 0 saturated carbocycles. The molecule has 1 heterocycles. The number of morpholine rings is 1. The van der Waals surface area contributed by atoms with E-state index in [2.05, 4.69) is 29.2 Å². The summed E-state index contributed by atoms with van der Waals surface area (Å²) in [5, 5.41) is 0.720. The highest BCUT2D eigenvalue weighted by Crippen LogP contribution is 2.28. The third-order valence-electron chi connectivity index (χ3n) is 5.13. The summed E-state index contributed by atoms with van der Waals surface area (Å²) in [4.78, 5) is 15.2. The van der Waals surface area contributed by atoms with Gasteiger partial charge in [-0.05, 0) is 23.3 Å². The van der Waals surface area contributed by atoms with Crippen LogP contribution in [-0.4, -0.2) is 30.4 Å². The molecule has 0 aliphatic carbocycles. The van der Waals surface area contributed by atoms with Crippen molar-refractivity contribution >= 4 is 29.0 Å². The summed E-state index contributed by atoms with van der Waals surface area (Å²) in [6.07, 6.45) is -0.0134. The molecule has 1 fully saturated rings. The molecule has 1 atom stereocenters. The fourth-order valence-electron chi connectivity index (χ4n) is 3.60. The van der Waals surface area contributed by atoms with E-state index in [4.69, 9.17) is 27.9 Å². The van der Waals surface area contributed by atoms with E-state index in [9.17, 15) is 4.79 Å². The Labute approximate surface area is 180 Å². The lowest BCUT2D eigenvalue weighted by Crippen LogP contribution is -2.37. The van der Waals surface area contributed by atoms with Gasteiger partial charge in [0.15, 0.2) is 5.78 Å². The molecule has 1 saturated heterocycles. The van der Waals surface area contributed by atoms with Gasteiger partial charge in [0.05, 0.1) is 28.3 Å². The van der Waals surface area contributed by atoms with Gasteiger partial charge in [0.25, 0.3) is 0 Å². The zero-order chi connectivity index (χ0) is 20.2.